The molecular weight excluding hydrogens is 228 g/mol. The number of hydrogen-bond acceptors (Lipinski definition) is 3. The Hall–Kier alpha value is -1.81. The van der Waals surface area contributed by atoms with Crippen LogP contribution in [0.4, 0.5) is 0 Å². The van der Waals surface area contributed by atoms with Crippen molar-refractivity contribution in [1.82, 2.24) is 4.98 Å². The van der Waals surface area contributed by atoms with E-state index in [1.165, 1.54) is 0 Å². The highest BCUT2D eigenvalue weighted by Gasteiger charge is 2.30. The largest absolute Gasteiger partial charge is 0.465 e. The predicted octanol–water partition coefficient (Wildman–Crippen LogP) is 1.99. The molecule has 0 amide bonds. The summed E-state index contributed by atoms with van der Waals surface area (Å²) in [6, 6.07) is 7.95. The molecule has 1 aromatic carbocycles. The maximum absolute atomic E-state index is 11.8. The van der Waals surface area contributed by atoms with Crippen molar-refractivity contribution in [1.29, 1.82) is 0 Å². The van der Waals surface area contributed by atoms with Crippen molar-refractivity contribution in [3.05, 3.63) is 36.0 Å². The lowest BCUT2D eigenvalue weighted by Gasteiger charge is -2.21. The fraction of sp³-hybridized carbons (Fsp3) is 0.357. The van der Waals surface area contributed by atoms with E-state index in [0.29, 0.717) is 13.0 Å². The molecule has 1 atom stereocenters. The van der Waals surface area contributed by atoms with Gasteiger partial charge in [0.2, 0.25) is 0 Å². The molecule has 0 bridgehead atoms. The first-order valence-corrected chi connectivity index (χ1v) is 6.05. The number of hydrogen-bond donors (Lipinski definition) is 2. The Morgan fingerprint density at radius 1 is 1.44 bits per heavy atom. The molecule has 96 valence electrons. The van der Waals surface area contributed by atoms with E-state index in [-0.39, 0.29) is 5.97 Å². The summed E-state index contributed by atoms with van der Waals surface area (Å²) in [5.41, 5.74) is 7.12. The van der Waals surface area contributed by atoms with E-state index in [2.05, 4.69) is 4.98 Å². The SMILES string of the molecule is CCOC(=O)[C@](C)(N)Cc1c[nH]c2ccccc12. The summed E-state index contributed by atoms with van der Waals surface area (Å²) in [5, 5.41) is 1.10. The van der Waals surface area contributed by atoms with Crippen molar-refractivity contribution in [2.75, 3.05) is 6.61 Å². The normalized spacial score (nSPS) is 14.4. The fourth-order valence-electron chi connectivity index (χ4n) is 2.04. The Balaban J connectivity index is 2.25. The minimum atomic E-state index is -0.999. The molecule has 4 nitrogen and oxygen atoms in total. The average molecular weight is 246 g/mol. The fourth-order valence-corrected chi connectivity index (χ4v) is 2.04. The number of carbonyl (C=O) groups excluding carboxylic acids is 1. The van der Waals surface area contributed by atoms with Crippen molar-refractivity contribution in [3.8, 4) is 0 Å². The number of aromatic amines is 1. The van der Waals surface area contributed by atoms with Gasteiger partial charge in [-0.1, -0.05) is 18.2 Å². The first-order valence-electron chi connectivity index (χ1n) is 6.05. The molecule has 2 aromatic rings. The summed E-state index contributed by atoms with van der Waals surface area (Å²) >= 11 is 0. The van der Waals surface area contributed by atoms with Crippen LogP contribution in [0.3, 0.4) is 0 Å². The van der Waals surface area contributed by atoms with Gasteiger partial charge in [-0.3, -0.25) is 4.79 Å². The average Bonchev–Trinajstić information content (AvgIpc) is 2.73. The van der Waals surface area contributed by atoms with Gasteiger partial charge in [0.1, 0.15) is 5.54 Å². The predicted molar refractivity (Wildman–Crippen MR) is 71.2 cm³/mol. The van der Waals surface area contributed by atoms with Crippen molar-refractivity contribution >= 4 is 16.9 Å². The van der Waals surface area contributed by atoms with Crippen molar-refractivity contribution < 1.29 is 9.53 Å². The van der Waals surface area contributed by atoms with Crippen LogP contribution in [0.25, 0.3) is 10.9 Å². The van der Waals surface area contributed by atoms with Gasteiger partial charge in [-0.15, -0.1) is 0 Å². The third kappa shape index (κ3) is 2.38. The number of nitrogens with one attached hydrogen (secondary N) is 1. The summed E-state index contributed by atoms with van der Waals surface area (Å²) in [5.74, 6) is -0.365. The van der Waals surface area contributed by atoms with Gasteiger partial charge in [-0.05, 0) is 25.5 Å². The van der Waals surface area contributed by atoms with Crippen molar-refractivity contribution in [2.45, 2.75) is 25.8 Å². The number of aromatic nitrogens is 1. The second kappa shape index (κ2) is 4.82. The lowest BCUT2D eigenvalue weighted by molar-refractivity contribution is -0.148. The second-order valence-corrected chi connectivity index (χ2v) is 4.67. The molecular formula is C14H18N2O2. The third-order valence-electron chi connectivity index (χ3n) is 2.97. The molecule has 1 aromatic heterocycles. The zero-order valence-corrected chi connectivity index (χ0v) is 10.7. The van der Waals surface area contributed by atoms with Crippen LogP contribution in [0.5, 0.6) is 0 Å². The number of H-pyrrole nitrogens is 1. The Bertz CT molecular complexity index is 558. The van der Waals surface area contributed by atoms with Gasteiger partial charge in [0.25, 0.3) is 0 Å². The van der Waals surface area contributed by atoms with Gasteiger partial charge in [-0.2, -0.15) is 0 Å². The van der Waals surface area contributed by atoms with Crippen LogP contribution in [0.1, 0.15) is 19.4 Å². The maximum Gasteiger partial charge on any atom is 0.326 e. The topological polar surface area (TPSA) is 68.1 Å². The van der Waals surface area contributed by atoms with Crippen LogP contribution in [0.15, 0.2) is 30.5 Å². The van der Waals surface area contributed by atoms with Gasteiger partial charge in [0.05, 0.1) is 6.61 Å². The van der Waals surface area contributed by atoms with Crippen LogP contribution in [0.2, 0.25) is 0 Å². The van der Waals surface area contributed by atoms with Crippen LogP contribution >= 0.6 is 0 Å². The molecule has 0 spiro atoms. The molecule has 3 N–H and O–H groups in total. The third-order valence-corrected chi connectivity index (χ3v) is 2.97. The number of ether oxygens (including phenoxy) is 1. The van der Waals surface area contributed by atoms with E-state index < -0.39 is 5.54 Å². The highest BCUT2D eigenvalue weighted by Crippen LogP contribution is 2.22. The number of benzene rings is 1. The molecule has 4 heteroatoms. The number of esters is 1. The van der Waals surface area contributed by atoms with Crippen molar-refractivity contribution in [3.63, 3.8) is 0 Å². The number of rotatable bonds is 4. The Kier molecular flexibility index (Phi) is 3.39. The van der Waals surface area contributed by atoms with E-state index in [0.717, 1.165) is 16.5 Å². The van der Waals surface area contributed by atoms with Crippen LogP contribution in [-0.4, -0.2) is 23.1 Å². The van der Waals surface area contributed by atoms with E-state index in [4.69, 9.17) is 10.5 Å². The maximum atomic E-state index is 11.8. The number of nitrogens with two attached hydrogens (primary N) is 1. The number of carbonyl (C=O) groups is 1. The summed E-state index contributed by atoms with van der Waals surface area (Å²) in [4.78, 5) is 14.9. The van der Waals surface area contributed by atoms with Gasteiger partial charge in [-0.25, -0.2) is 0 Å². The van der Waals surface area contributed by atoms with E-state index in [1.54, 1.807) is 13.8 Å². The summed E-state index contributed by atoms with van der Waals surface area (Å²) in [6.45, 7) is 3.83. The molecule has 0 saturated carbocycles. The summed E-state index contributed by atoms with van der Waals surface area (Å²) in [6.07, 6.45) is 2.35. The summed E-state index contributed by atoms with van der Waals surface area (Å²) < 4.78 is 4.99. The number of para-hydroxylation sites is 1. The first kappa shape index (κ1) is 12.6. The highest BCUT2D eigenvalue weighted by atomic mass is 16.5. The molecule has 1 heterocycles. The summed E-state index contributed by atoms with van der Waals surface area (Å²) in [7, 11) is 0. The quantitative estimate of drug-likeness (QED) is 0.811. The van der Waals surface area contributed by atoms with E-state index >= 15 is 0 Å². The molecule has 0 fully saturated rings. The lowest BCUT2D eigenvalue weighted by atomic mass is 9.94. The minimum absolute atomic E-state index is 0.347. The molecule has 0 radical (unpaired) electrons. The zero-order chi connectivity index (χ0) is 13.2. The zero-order valence-electron chi connectivity index (χ0n) is 10.7. The smallest absolute Gasteiger partial charge is 0.326 e. The van der Waals surface area contributed by atoms with Crippen LogP contribution < -0.4 is 5.73 Å². The molecule has 0 aliphatic carbocycles. The Morgan fingerprint density at radius 3 is 2.89 bits per heavy atom. The first-order chi connectivity index (χ1) is 8.54. The molecule has 18 heavy (non-hydrogen) atoms. The highest BCUT2D eigenvalue weighted by molar-refractivity contribution is 5.85. The van der Waals surface area contributed by atoms with E-state index in [1.807, 2.05) is 30.5 Å². The number of fused-ring (bicyclic) bond motifs is 1. The molecule has 0 aliphatic rings. The second-order valence-electron chi connectivity index (χ2n) is 4.67. The van der Waals surface area contributed by atoms with Crippen LogP contribution in [-0.2, 0) is 16.0 Å². The van der Waals surface area contributed by atoms with Gasteiger partial charge < -0.3 is 15.5 Å². The Labute approximate surface area is 106 Å². The molecule has 0 saturated heterocycles. The van der Waals surface area contributed by atoms with Gasteiger partial charge >= 0.3 is 5.97 Å². The standard InChI is InChI=1S/C14H18N2O2/c1-3-18-13(17)14(2,15)8-10-9-16-12-7-5-4-6-11(10)12/h4-7,9,16H,3,8,15H2,1-2H3/t14-/m1/s1. The Morgan fingerprint density at radius 2 is 2.17 bits per heavy atom. The van der Waals surface area contributed by atoms with Crippen molar-refractivity contribution in [2.24, 2.45) is 5.73 Å². The van der Waals surface area contributed by atoms with E-state index in [9.17, 15) is 4.79 Å². The van der Waals surface area contributed by atoms with Gasteiger partial charge in [0, 0.05) is 23.5 Å². The monoisotopic (exact) mass is 246 g/mol. The molecule has 2 rings (SSSR count). The minimum Gasteiger partial charge on any atom is -0.465 e. The molecule has 0 aliphatic heterocycles. The molecule has 0 unspecified atom stereocenters. The lowest BCUT2D eigenvalue weighted by Crippen LogP contribution is -2.48. The van der Waals surface area contributed by atoms with Crippen LogP contribution in [0, 0.1) is 0 Å². The van der Waals surface area contributed by atoms with Gasteiger partial charge in [0.15, 0.2) is 0 Å².